The highest BCUT2D eigenvalue weighted by Gasteiger charge is 2.25. The third kappa shape index (κ3) is 6.75. The SMILES string of the molecule is CC[C](CNCC(CC)CC)NC(C)(C)C(C)C. The third-order valence-electron chi connectivity index (χ3n) is 4.30. The molecule has 0 saturated carbocycles. The summed E-state index contributed by atoms with van der Waals surface area (Å²) >= 11 is 0. The largest absolute Gasteiger partial charge is 0.315 e. The summed E-state index contributed by atoms with van der Waals surface area (Å²) in [6, 6.07) is 1.43. The molecular formula is C16H35N2. The average Bonchev–Trinajstić information content (AvgIpc) is 2.32. The highest BCUT2D eigenvalue weighted by Crippen LogP contribution is 2.18. The molecule has 0 aromatic rings. The normalized spacial score (nSPS) is 13.0. The van der Waals surface area contributed by atoms with E-state index in [0.29, 0.717) is 5.92 Å². The van der Waals surface area contributed by atoms with Gasteiger partial charge in [-0.2, -0.15) is 0 Å². The van der Waals surface area contributed by atoms with E-state index >= 15 is 0 Å². The van der Waals surface area contributed by atoms with E-state index in [1.54, 1.807) is 0 Å². The van der Waals surface area contributed by atoms with E-state index < -0.39 is 0 Å². The Morgan fingerprint density at radius 2 is 1.61 bits per heavy atom. The lowest BCUT2D eigenvalue weighted by Crippen LogP contribution is -2.48. The molecule has 1 radical (unpaired) electrons. The Labute approximate surface area is 115 Å². The Bertz CT molecular complexity index is 195. The number of hydrogen-bond donors (Lipinski definition) is 2. The molecule has 2 heteroatoms. The lowest BCUT2D eigenvalue weighted by Gasteiger charge is -2.35. The number of nitrogens with one attached hydrogen (secondary N) is 2. The molecule has 0 aromatic heterocycles. The van der Waals surface area contributed by atoms with E-state index in [4.69, 9.17) is 0 Å². The average molecular weight is 255 g/mol. The molecule has 0 unspecified atom stereocenters. The first-order valence-electron chi connectivity index (χ1n) is 7.70. The summed E-state index contributed by atoms with van der Waals surface area (Å²) < 4.78 is 0. The second-order valence-electron chi connectivity index (χ2n) is 6.27. The zero-order valence-electron chi connectivity index (χ0n) is 13.7. The Balaban J connectivity index is 4.05. The van der Waals surface area contributed by atoms with E-state index in [0.717, 1.165) is 25.4 Å². The maximum atomic E-state index is 3.71. The van der Waals surface area contributed by atoms with Crippen molar-refractivity contribution >= 4 is 0 Å². The zero-order chi connectivity index (χ0) is 14.2. The van der Waals surface area contributed by atoms with Gasteiger partial charge in [-0.25, -0.2) is 0 Å². The summed E-state index contributed by atoms with van der Waals surface area (Å²) in [6.07, 6.45) is 3.65. The van der Waals surface area contributed by atoms with E-state index in [1.165, 1.54) is 18.9 Å². The third-order valence-corrected chi connectivity index (χ3v) is 4.30. The maximum absolute atomic E-state index is 3.71. The van der Waals surface area contributed by atoms with Gasteiger partial charge in [0.25, 0.3) is 0 Å². The number of rotatable bonds is 10. The fourth-order valence-corrected chi connectivity index (χ4v) is 1.86. The van der Waals surface area contributed by atoms with Crippen molar-refractivity contribution in [3.63, 3.8) is 0 Å². The van der Waals surface area contributed by atoms with Crippen LogP contribution in [0.25, 0.3) is 0 Å². The maximum Gasteiger partial charge on any atom is 0.0504 e. The molecule has 18 heavy (non-hydrogen) atoms. The smallest absolute Gasteiger partial charge is 0.0504 e. The Morgan fingerprint density at radius 1 is 1.06 bits per heavy atom. The van der Waals surface area contributed by atoms with Crippen LogP contribution >= 0.6 is 0 Å². The van der Waals surface area contributed by atoms with Gasteiger partial charge < -0.3 is 10.6 Å². The minimum atomic E-state index is 0.182. The van der Waals surface area contributed by atoms with Crippen molar-refractivity contribution < 1.29 is 0 Å². The van der Waals surface area contributed by atoms with Crippen LogP contribution in [0.1, 0.15) is 67.7 Å². The van der Waals surface area contributed by atoms with Crippen LogP contribution in [0.4, 0.5) is 0 Å². The van der Waals surface area contributed by atoms with E-state index in [1.807, 2.05) is 0 Å². The second-order valence-corrected chi connectivity index (χ2v) is 6.27. The van der Waals surface area contributed by atoms with Crippen molar-refractivity contribution in [2.24, 2.45) is 11.8 Å². The summed E-state index contributed by atoms with van der Waals surface area (Å²) in [6.45, 7) is 18.1. The van der Waals surface area contributed by atoms with Gasteiger partial charge in [-0.15, -0.1) is 0 Å². The molecule has 0 amide bonds. The van der Waals surface area contributed by atoms with Gasteiger partial charge in [-0.1, -0.05) is 47.5 Å². The van der Waals surface area contributed by atoms with Gasteiger partial charge in [0.1, 0.15) is 0 Å². The van der Waals surface area contributed by atoms with Crippen LogP contribution in [0.2, 0.25) is 0 Å². The van der Waals surface area contributed by atoms with Gasteiger partial charge in [0.05, 0.1) is 6.04 Å². The standard InChI is InChI=1S/C16H35N2/c1-8-14(9-2)11-17-12-15(10-3)18-16(6,7)13(4)5/h13-14,17-18H,8-12H2,1-7H3. The van der Waals surface area contributed by atoms with E-state index in [9.17, 15) is 0 Å². The molecule has 0 heterocycles. The first-order valence-corrected chi connectivity index (χ1v) is 7.70. The van der Waals surface area contributed by atoms with Crippen molar-refractivity contribution in [3.05, 3.63) is 6.04 Å². The molecule has 0 aliphatic carbocycles. The van der Waals surface area contributed by atoms with Crippen LogP contribution in [-0.2, 0) is 0 Å². The van der Waals surface area contributed by atoms with Crippen molar-refractivity contribution in [2.75, 3.05) is 13.1 Å². The molecule has 0 aliphatic rings. The van der Waals surface area contributed by atoms with Crippen LogP contribution in [0, 0.1) is 17.9 Å². The van der Waals surface area contributed by atoms with E-state index in [2.05, 4.69) is 59.1 Å². The minimum Gasteiger partial charge on any atom is -0.315 e. The van der Waals surface area contributed by atoms with Gasteiger partial charge in [-0.3, -0.25) is 0 Å². The molecular weight excluding hydrogens is 220 g/mol. The molecule has 0 atom stereocenters. The Kier molecular flexibility index (Phi) is 8.89. The summed E-state index contributed by atoms with van der Waals surface area (Å²) in [5.41, 5.74) is 0.182. The van der Waals surface area contributed by atoms with Gasteiger partial charge in [0, 0.05) is 12.1 Å². The van der Waals surface area contributed by atoms with Crippen molar-refractivity contribution in [1.29, 1.82) is 0 Å². The minimum absolute atomic E-state index is 0.182. The van der Waals surface area contributed by atoms with Crippen LogP contribution in [0.5, 0.6) is 0 Å². The lowest BCUT2D eigenvalue weighted by atomic mass is 9.89. The van der Waals surface area contributed by atoms with Crippen molar-refractivity contribution in [2.45, 2.75) is 73.3 Å². The fraction of sp³-hybridized carbons (Fsp3) is 0.938. The molecule has 0 saturated heterocycles. The quantitative estimate of drug-likeness (QED) is 0.617. The molecule has 0 aliphatic heterocycles. The second kappa shape index (κ2) is 8.92. The molecule has 0 aromatic carbocycles. The molecule has 0 rings (SSSR count). The zero-order valence-corrected chi connectivity index (χ0v) is 13.7. The summed E-state index contributed by atoms with van der Waals surface area (Å²) in [5.74, 6) is 1.46. The first-order chi connectivity index (χ1) is 8.37. The monoisotopic (exact) mass is 255 g/mol. The van der Waals surface area contributed by atoms with Crippen LogP contribution in [0.15, 0.2) is 0 Å². The predicted molar refractivity (Wildman–Crippen MR) is 82.5 cm³/mol. The van der Waals surface area contributed by atoms with Crippen LogP contribution < -0.4 is 10.6 Å². The van der Waals surface area contributed by atoms with Crippen LogP contribution in [-0.4, -0.2) is 18.6 Å². The van der Waals surface area contributed by atoms with Crippen molar-refractivity contribution in [3.8, 4) is 0 Å². The highest BCUT2D eigenvalue weighted by atomic mass is 15.0. The molecule has 2 N–H and O–H groups in total. The summed E-state index contributed by atoms with van der Waals surface area (Å²) in [4.78, 5) is 0. The first kappa shape index (κ1) is 17.9. The molecule has 0 spiro atoms. The fourth-order valence-electron chi connectivity index (χ4n) is 1.86. The van der Waals surface area contributed by atoms with Gasteiger partial charge in [0.2, 0.25) is 0 Å². The van der Waals surface area contributed by atoms with Gasteiger partial charge in [0.15, 0.2) is 0 Å². The van der Waals surface area contributed by atoms with Gasteiger partial charge >= 0.3 is 0 Å². The van der Waals surface area contributed by atoms with E-state index in [-0.39, 0.29) is 5.54 Å². The Hall–Kier alpha value is -0.0800. The molecule has 109 valence electrons. The molecule has 2 nitrogen and oxygen atoms in total. The summed E-state index contributed by atoms with van der Waals surface area (Å²) in [7, 11) is 0. The molecule has 0 fully saturated rings. The van der Waals surface area contributed by atoms with Crippen molar-refractivity contribution in [1.82, 2.24) is 10.6 Å². The lowest BCUT2D eigenvalue weighted by molar-refractivity contribution is 0.283. The topological polar surface area (TPSA) is 24.1 Å². The number of hydrogen-bond acceptors (Lipinski definition) is 2. The Morgan fingerprint density at radius 3 is 2.00 bits per heavy atom. The van der Waals surface area contributed by atoms with Gasteiger partial charge in [-0.05, 0) is 38.6 Å². The predicted octanol–water partition coefficient (Wildman–Crippen LogP) is 3.98. The van der Waals surface area contributed by atoms with Crippen LogP contribution in [0.3, 0.4) is 0 Å². The molecule has 0 bridgehead atoms. The summed E-state index contributed by atoms with van der Waals surface area (Å²) in [5, 5.41) is 7.31. The highest BCUT2D eigenvalue weighted by molar-refractivity contribution is 4.96.